The fourth-order valence-electron chi connectivity index (χ4n) is 1.98. The maximum absolute atomic E-state index is 11.9. The van der Waals surface area contributed by atoms with Crippen LogP contribution in [0.15, 0.2) is 5.11 Å². The lowest BCUT2D eigenvalue weighted by molar-refractivity contribution is 0.0222. The molecule has 1 aliphatic heterocycles. The van der Waals surface area contributed by atoms with E-state index in [1.165, 1.54) is 0 Å². The first-order chi connectivity index (χ1) is 7.87. The second-order valence-corrected chi connectivity index (χ2v) is 5.29. The molecule has 0 spiro atoms. The first-order valence-electron chi connectivity index (χ1n) is 5.91. The van der Waals surface area contributed by atoms with Crippen molar-refractivity contribution in [1.82, 2.24) is 4.90 Å². The molecule has 0 aromatic carbocycles. The van der Waals surface area contributed by atoms with Crippen LogP contribution in [0.25, 0.3) is 10.4 Å². The van der Waals surface area contributed by atoms with Gasteiger partial charge in [0.2, 0.25) is 0 Å². The summed E-state index contributed by atoms with van der Waals surface area (Å²) < 4.78 is 5.33. The molecule has 0 unspecified atom stereocenters. The molecule has 1 fully saturated rings. The predicted molar refractivity (Wildman–Crippen MR) is 64.6 cm³/mol. The van der Waals surface area contributed by atoms with Crippen LogP contribution in [0.3, 0.4) is 0 Å². The van der Waals surface area contributed by atoms with Gasteiger partial charge in [-0.15, -0.1) is 0 Å². The van der Waals surface area contributed by atoms with E-state index in [4.69, 9.17) is 10.3 Å². The van der Waals surface area contributed by atoms with Crippen molar-refractivity contribution >= 4 is 6.09 Å². The summed E-state index contributed by atoms with van der Waals surface area (Å²) in [5.41, 5.74) is 7.93. The zero-order chi connectivity index (χ0) is 13.1. The van der Waals surface area contributed by atoms with Gasteiger partial charge in [-0.05, 0) is 39.1 Å². The summed E-state index contributed by atoms with van der Waals surface area (Å²) in [7, 11) is 0. The van der Waals surface area contributed by atoms with Gasteiger partial charge in [0.1, 0.15) is 5.60 Å². The molecule has 1 rings (SSSR count). The number of hydrogen-bond donors (Lipinski definition) is 0. The first-order valence-corrected chi connectivity index (χ1v) is 5.91. The Hall–Kier alpha value is -1.42. The molecule has 6 heteroatoms. The number of azide groups is 1. The predicted octanol–water partition coefficient (Wildman–Crippen LogP) is 3.08. The molecular formula is C11H20N4O2. The Kier molecular flexibility index (Phi) is 4.23. The minimum atomic E-state index is -0.494. The average molecular weight is 240 g/mol. The lowest BCUT2D eigenvalue weighted by Gasteiger charge is -2.28. The minimum absolute atomic E-state index is 0.111. The number of hydrogen-bond acceptors (Lipinski definition) is 3. The molecule has 1 heterocycles. The van der Waals surface area contributed by atoms with E-state index < -0.39 is 5.60 Å². The minimum Gasteiger partial charge on any atom is -0.444 e. The monoisotopic (exact) mass is 240 g/mol. The van der Waals surface area contributed by atoms with Crippen LogP contribution in [0.1, 0.15) is 40.5 Å². The van der Waals surface area contributed by atoms with Gasteiger partial charge in [-0.3, -0.25) is 0 Å². The van der Waals surface area contributed by atoms with Crippen molar-refractivity contribution in [3.05, 3.63) is 10.4 Å². The first kappa shape index (κ1) is 13.6. The molecule has 96 valence electrons. The van der Waals surface area contributed by atoms with Crippen molar-refractivity contribution in [1.29, 1.82) is 0 Å². The molecule has 2 atom stereocenters. The highest BCUT2D eigenvalue weighted by Crippen LogP contribution is 2.25. The molecule has 0 saturated carbocycles. The Balaban J connectivity index is 2.68. The van der Waals surface area contributed by atoms with E-state index in [1.54, 1.807) is 4.90 Å². The maximum atomic E-state index is 11.9. The third kappa shape index (κ3) is 3.82. The lowest BCUT2D eigenvalue weighted by atomic mass is 10.1. The van der Waals surface area contributed by atoms with E-state index in [9.17, 15) is 4.79 Å². The maximum Gasteiger partial charge on any atom is 0.410 e. The standard InChI is InChI=1S/C11H20N4O2/c1-5-9-6-8(13-14-12)7-15(9)10(16)17-11(2,3)4/h8-9H,5-7H2,1-4H3/t8-,9-/m1/s1. The van der Waals surface area contributed by atoms with Gasteiger partial charge >= 0.3 is 6.09 Å². The van der Waals surface area contributed by atoms with E-state index in [0.717, 1.165) is 12.8 Å². The van der Waals surface area contributed by atoms with Crippen molar-refractivity contribution in [2.24, 2.45) is 5.11 Å². The van der Waals surface area contributed by atoms with E-state index >= 15 is 0 Å². The molecule has 1 amide bonds. The van der Waals surface area contributed by atoms with Crippen LogP contribution in [-0.2, 0) is 4.74 Å². The van der Waals surface area contributed by atoms with E-state index in [0.29, 0.717) is 6.54 Å². The van der Waals surface area contributed by atoms with Gasteiger partial charge in [0, 0.05) is 17.5 Å². The Morgan fingerprint density at radius 2 is 2.24 bits per heavy atom. The molecule has 0 bridgehead atoms. The van der Waals surface area contributed by atoms with Gasteiger partial charge in [0.15, 0.2) is 0 Å². The number of rotatable bonds is 2. The molecule has 1 aliphatic rings. The van der Waals surface area contributed by atoms with Gasteiger partial charge in [0.25, 0.3) is 0 Å². The molecule has 6 nitrogen and oxygen atoms in total. The molecule has 0 aromatic rings. The van der Waals surface area contributed by atoms with Crippen LogP contribution < -0.4 is 0 Å². The SMILES string of the molecule is CC[C@@H]1C[C@@H](N=[N+]=[N-])CN1C(=O)OC(C)(C)C. The van der Waals surface area contributed by atoms with Crippen LogP contribution in [0.4, 0.5) is 4.79 Å². The summed E-state index contributed by atoms with van der Waals surface area (Å²) in [6, 6.07) is -0.0159. The molecule has 0 aromatic heterocycles. The number of ether oxygens (including phenoxy) is 1. The van der Waals surface area contributed by atoms with Crippen LogP contribution in [0.5, 0.6) is 0 Å². The summed E-state index contributed by atoms with van der Waals surface area (Å²) in [6.07, 6.45) is 1.25. The van der Waals surface area contributed by atoms with E-state index in [2.05, 4.69) is 10.0 Å². The topological polar surface area (TPSA) is 78.3 Å². The normalized spacial score (nSPS) is 24.4. The molecule has 0 radical (unpaired) electrons. The Labute approximate surface area is 102 Å². The zero-order valence-corrected chi connectivity index (χ0v) is 10.9. The zero-order valence-electron chi connectivity index (χ0n) is 10.9. The second kappa shape index (κ2) is 5.27. The second-order valence-electron chi connectivity index (χ2n) is 5.29. The molecule has 0 N–H and O–H groups in total. The van der Waals surface area contributed by atoms with Gasteiger partial charge in [0.05, 0.1) is 6.04 Å². The highest BCUT2D eigenvalue weighted by atomic mass is 16.6. The lowest BCUT2D eigenvalue weighted by Crippen LogP contribution is -2.39. The van der Waals surface area contributed by atoms with Crippen LogP contribution in [-0.4, -0.2) is 35.2 Å². The largest absolute Gasteiger partial charge is 0.444 e. The van der Waals surface area contributed by atoms with E-state index in [-0.39, 0.29) is 18.2 Å². The number of nitrogens with zero attached hydrogens (tertiary/aromatic N) is 4. The quantitative estimate of drug-likeness (QED) is 0.422. The van der Waals surface area contributed by atoms with Gasteiger partial charge < -0.3 is 9.64 Å². The Bertz CT molecular complexity index is 331. The van der Waals surface area contributed by atoms with Gasteiger partial charge in [-0.1, -0.05) is 12.0 Å². The van der Waals surface area contributed by atoms with Crippen molar-refractivity contribution in [3.63, 3.8) is 0 Å². The smallest absolute Gasteiger partial charge is 0.410 e. The molecule has 0 aliphatic carbocycles. The summed E-state index contributed by atoms with van der Waals surface area (Å²) in [5.74, 6) is 0. The summed E-state index contributed by atoms with van der Waals surface area (Å²) in [5, 5.41) is 3.68. The van der Waals surface area contributed by atoms with E-state index in [1.807, 2.05) is 27.7 Å². The highest BCUT2D eigenvalue weighted by Gasteiger charge is 2.35. The van der Waals surface area contributed by atoms with Crippen LogP contribution in [0.2, 0.25) is 0 Å². The number of amides is 1. The summed E-state index contributed by atoms with van der Waals surface area (Å²) in [4.78, 5) is 16.4. The number of carbonyl (C=O) groups is 1. The van der Waals surface area contributed by atoms with Gasteiger partial charge in [-0.25, -0.2) is 4.79 Å². The third-order valence-electron chi connectivity index (χ3n) is 2.71. The average Bonchev–Trinajstić information content (AvgIpc) is 2.59. The summed E-state index contributed by atoms with van der Waals surface area (Å²) >= 11 is 0. The van der Waals surface area contributed by atoms with Crippen molar-refractivity contribution in [2.45, 2.75) is 58.2 Å². The fourth-order valence-corrected chi connectivity index (χ4v) is 1.98. The van der Waals surface area contributed by atoms with Crippen LogP contribution >= 0.6 is 0 Å². The van der Waals surface area contributed by atoms with Crippen molar-refractivity contribution in [3.8, 4) is 0 Å². The molecule has 1 saturated heterocycles. The molecule has 17 heavy (non-hydrogen) atoms. The van der Waals surface area contributed by atoms with Crippen LogP contribution in [0, 0.1) is 0 Å². The highest BCUT2D eigenvalue weighted by molar-refractivity contribution is 5.69. The summed E-state index contributed by atoms with van der Waals surface area (Å²) in [6.45, 7) is 7.99. The van der Waals surface area contributed by atoms with Crippen molar-refractivity contribution in [2.75, 3.05) is 6.54 Å². The number of carbonyl (C=O) groups excluding carboxylic acids is 1. The Morgan fingerprint density at radius 1 is 1.59 bits per heavy atom. The fraction of sp³-hybridized carbons (Fsp3) is 0.909. The molecular weight excluding hydrogens is 220 g/mol. The number of likely N-dealkylation sites (tertiary alicyclic amines) is 1. The third-order valence-corrected chi connectivity index (χ3v) is 2.71. The van der Waals surface area contributed by atoms with Crippen molar-refractivity contribution < 1.29 is 9.53 Å². The Morgan fingerprint density at radius 3 is 2.71 bits per heavy atom. The van der Waals surface area contributed by atoms with Gasteiger partial charge in [-0.2, -0.15) is 0 Å².